The van der Waals surface area contributed by atoms with Crippen molar-refractivity contribution in [1.82, 2.24) is 4.98 Å². The van der Waals surface area contributed by atoms with Crippen molar-refractivity contribution >= 4 is 11.5 Å². The highest BCUT2D eigenvalue weighted by Crippen LogP contribution is 2.21. The summed E-state index contributed by atoms with van der Waals surface area (Å²) in [4.78, 5) is 15.9. The maximum atomic E-state index is 12.9. The molecule has 1 aliphatic heterocycles. The molecule has 0 unspecified atom stereocenters. The van der Waals surface area contributed by atoms with Crippen molar-refractivity contribution in [2.75, 3.05) is 18.0 Å². The number of aromatic nitrogens is 1. The summed E-state index contributed by atoms with van der Waals surface area (Å²) >= 11 is 0. The molecule has 2 heterocycles. The van der Waals surface area contributed by atoms with Crippen molar-refractivity contribution < 1.29 is 9.31 Å². The maximum Gasteiger partial charge on any atom is 0.287 e. The number of rotatable bonds is 2. The van der Waals surface area contributed by atoms with Gasteiger partial charge in [0.2, 0.25) is 0 Å². The van der Waals surface area contributed by atoms with Gasteiger partial charge in [-0.1, -0.05) is 0 Å². The monoisotopic (exact) mass is 225 g/mol. The second kappa shape index (κ2) is 4.42. The average Bonchev–Trinajstić information content (AvgIpc) is 2.30. The molecule has 2 rings (SSSR count). The lowest BCUT2D eigenvalue weighted by atomic mass is 10.1. The molecule has 0 bridgehead atoms. The number of halogens is 1. The lowest BCUT2D eigenvalue weighted by Crippen LogP contribution is -2.34. The fourth-order valence-corrected chi connectivity index (χ4v) is 1.75. The summed E-state index contributed by atoms with van der Waals surface area (Å²) in [5.41, 5.74) is -0.0240. The van der Waals surface area contributed by atoms with E-state index in [1.807, 2.05) is 4.90 Å². The van der Waals surface area contributed by atoms with E-state index < -0.39 is 11.1 Å². The third-order valence-corrected chi connectivity index (χ3v) is 2.69. The zero-order chi connectivity index (χ0) is 11.5. The minimum Gasteiger partial charge on any atom is -0.356 e. The van der Waals surface area contributed by atoms with E-state index in [1.165, 1.54) is 12.3 Å². The number of nitro groups is 1. The lowest BCUT2D eigenvalue weighted by Gasteiger charge is -2.29. The van der Waals surface area contributed by atoms with Crippen LogP contribution in [0.1, 0.15) is 12.8 Å². The number of pyridine rings is 1. The molecule has 6 heteroatoms. The summed E-state index contributed by atoms with van der Waals surface area (Å²) in [5.74, 6) is 0.678. The summed E-state index contributed by atoms with van der Waals surface area (Å²) in [7, 11) is 0. The van der Waals surface area contributed by atoms with Gasteiger partial charge in [-0.05, 0) is 18.9 Å². The van der Waals surface area contributed by atoms with E-state index in [0.717, 1.165) is 0 Å². The Morgan fingerprint density at radius 1 is 1.44 bits per heavy atom. The molecule has 1 aromatic rings. The van der Waals surface area contributed by atoms with Crippen LogP contribution >= 0.6 is 0 Å². The number of hydrogen-bond acceptors (Lipinski definition) is 4. The van der Waals surface area contributed by atoms with E-state index in [0.29, 0.717) is 31.7 Å². The smallest absolute Gasteiger partial charge is 0.287 e. The Hall–Kier alpha value is -1.72. The fraction of sp³-hybridized carbons (Fsp3) is 0.500. The highest BCUT2D eigenvalue weighted by atomic mass is 19.1. The molecule has 86 valence electrons. The Morgan fingerprint density at radius 2 is 2.12 bits per heavy atom. The van der Waals surface area contributed by atoms with Gasteiger partial charge in [0.1, 0.15) is 18.2 Å². The van der Waals surface area contributed by atoms with Crippen LogP contribution in [0.25, 0.3) is 0 Å². The summed E-state index contributed by atoms with van der Waals surface area (Å²) < 4.78 is 12.9. The molecule has 0 N–H and O–H groups in total. The molecule has 0 saturated carbocycles. The molecule has 1 aromatic heterocycles. The second-order valence-corrected chi connectivity index (χ2v) is 3.79. The summed E-state index contributed by atoms with van der Waals surface area (Å²) in [5, 5.41) is 10.4. The first kappa shape index (κ1) is 10.8. The van der Waals surface area contributed by atoms with E-state index >= 15 is 0 Å². The van der Waals surface area contributed by atoms with E-state index in [-0.39, 0.29) is 5.69 Å². The maximum absolute atomic E-state index is 12.9. The molecular weight excluding hydrogens is 213 g/mol. The van der Waals surface area contributed by atoms with Crippen LogP contribution in [0.15, 0.2) is 18.3 Å². The van der Waals surface area contributed by atoms with Gasteiger partial charge in [0.15, 0.2) is 0 Å². The topological polar surface area (TPSA) is 59.3 Å². The Balaban J connectivity index is 2.07. The highest BCUT2D eigenvalue weighted by Gasteiger charge is 2.19. The zero-order valence-electron chi connectivity index (χ0n) is 8.67. The SMILES string of the molecule is O=[N+]([O-])c1ccc(N2CCC(F)CC2)nc1. The summed E-state index contributed by atoms with van der Waals surface area (Å²) in [6.07, 6.45) is 1.50. The van der Waals surface area contributed by atoms with Gasteiger partial charge in [-0.15, -0.1) is 0 Å². The van der Waals surface area contributed by atoms with Crippen LogP contribution in [0.3, 0.4) is 0 Å². The van der Waals surface area contributed by atoms with Crippen molar-refractivity contribution in [2.24, 2.45) is 0 Å². The minimum absolute atomic E-state index is 0.0240. The minimum atomic E-state index is -0.728. The standard InChI is InChI=1S/C10H12FN3O2/c11-8-3-5-13(6-4-8)10-2-1-9(7-12-10)14(15)16/h1-2,7-8H,3-6H2. The van der Waals surface area contributed by atoms with E-state index in [2.05, 4.69) is 4.98 Å². The first-order valence-electron chi connectivity index (χ1n) is 5.16. The Bertz CT molecular complexity index is 374. The predicted molar refractivity (Wildman–Crippen MR) is 57.2 cm³/mol. The first-order valence-corrected chi connectivity index (χ1v) is 5.16. The van der Waals surface area contributed by atoms with Crippen molar-refractivity contribution in [2.45, 2.75) is 19.0 Å². The van der Waals surface area contributed by atoms with Gasteiger partial charge in [-0.3, -0.25) is 10.1 Å². The molecule has 0 spiro atoms. The van der Waals surface area contributed by atoms with Gasteiger partial charge in [0.25, 0.3) is 5.69 Å². The van der Waals surface area contributed by atoms with Crippen LogP contribution in [-0.2, 0) is 0 Å². The van der Waals surface area contributed by atoms with E-state index in [4.69, 9.17) is 0 Å². The van der Waals surface area contributed by atoms with Crippen LogP contribution in [-0.4, -0.2) is 29.2 Å². The molecule has 1 aliphatic rings. The molecule has 0 aromatic carbocycles. The van der Waals surface area contributed by atoms with Gasteiger partial charge in [-0.25, -0.2) is 9.37 Å². The highest BCUT2D eigenvalue weighted by molar-refractivity contribution is 5.43. The second-order valence-electron chi connectivity index (χ2n) is 3.79. The molecule has 16 heavy (non-hydrogen) atoms. The molecule has 0 radical (unpaired) electrons. The van der Waals surface area contributed by atoms with Gasteiger partial charge < -0.3 is 4.90 Å². The lowest BCUT2D eigenvalue weighted by molar-refractivity contribution is -0.385. The van der Waals surface area contributed by atoms with Gasteiger partial charge in [0, 0.05) is 19.2 Å². The van der Waals surface area contributed by atoms with Gasteiger partial charge in [-0.2, -0.15) is 0 Å². The number of hydrogen-bond donors (Lipinski definition) is 0. The largest absolute Gasteiger partial charge is 0.356 e. The van der Waals surface area contributed by atoms with Gasteiger partial charge >= 0.3 is 0 Å². The number of anilines is 1. The van der Waals surface area contributed by atoms with Crippen LogP contribution in [0.5, 0.6) is 0 Å². The third kappa shape index (κ3) is 2.26. The van der Waals surface area contributed by atoms with Crippen LogP contribution in [0, 0.1) is 10.1 Å². The normalized spacial score (nSPS) is 17.4. The molecular formula is C10H12FN3O2. The number of nitrogens with zero attached hydrogens (tertiary/aromatic N) is 3. The van der Waals surface area contributed by atoms with Crippen molar-refractivity contribution in [3.63, 3.8) is 0 Å². The average molecular weight is 225 g/mol. The van der Waals surface area contributed by atoms with Crippen LogP contribution in [0.4, 0.5) is 15.9 Å². The number of alkyl halides is 1. The summed E-state index contributed by atoms with van der Waals surface area (Å²) in [6.45, 7) is 1.23. The van der Waals surface area contributed by atoms with E-state index in [1.54, 1.807) is 6.07 Å². The third-order valence-electron chi connectivity index (χ3n) is 2.69. The predicted octanol–water partition coefficient (Wildman–Crippen LogP) is 1.93. The molecule has 1 saturated heterocycles. The quantitative estimate of drug-likeness (QED) is 0.570. The fourth-order valence-electron chi connectivity index (χ4n) is 1.75. The van der Waals surface area contributed by atoms with Gasteiger partial charge in [0.05, 0.1) is 4.92 Å². The van der Waals surface area contributed by atoms with Crippen LogP contribution < -0.4 is 4.90 Å². The molecule has 0 amide bonds. The molecule has 5 nitrogen and oxygen atoms in total. The first-order chi connectivity index (χ1) is 7.66. The number of piperidine rings is 1. The van der Waals surface area contributed by atoms with Crippen molar-refractivity contribution in [3.05, 3.63) is 28.4 Å². The Morgan fingerprint density at radius 3 is 2.62 bits per heavy atom. The van der Waals surface area contributed by atoms with Crippen LogP contribution in [0.2, 0.25) is 0 Å². The van der Waals surface area contributed by atoms with Crippen molar-refractivity contribution in [3.8, 4) is 0 Å². The Labute approximate surface area is 92.0 Å². The summed E-state index contributed by atoms with van der Waals surface area (Å²) in [6, 6.07) is 3.03. The zero-order valence-corrected chi connectivity index (χ0v) is 8.67. The molecule has 0 aliphatic carbocycles. The van der Waals surface area contributed by atoms with E-state index in [9.17, 15) is 14.5 Å². The molecule has 1 fully saturated rings. The van der Waals surface area contributed by atoms with Crippen molar-refractivity contribution in [1.29, 1.82) is 0 Å². The Kier molecular flexibility index (Phi) is 2.98. The molecule has 0 atom stereocenters.